The molecule has 9 heteroatoms. The van der Waals surface area contributed by atoms with Crippen molar-refractivity contribution in [3.8, 4) is 11.8 Å². The van der Waals surface area contributed by atoms with Crippen LogP contribution < -0.4 is 4.74 Å². The van der Waals surface area contributed by atoms with Gasteiger partial charge in [0.25, 0.3) is 5.91 Å². The summed E-state index contributed by atoms with van der Waals surface area (Å²) in [5.41, 5.74) is 0.114. The molecule has 1 fully saturated rings. The van der Waals surface area contributed by atoms with Crippen molar-refractivity contribution in [2.24, 2.45) is 0 Å². The van der Waals surface area contributed by atoms with E-state index in [0.717, 1.165) is 4.47 Å². The largest absolute Gasteiger partial charge is 0.483 e. The number of ether oxygens (including phenoxy) is 1. The lowest BCUT2D eigenvalue weighted by atomic mass is 10.2. The van der Waals surface area contributed by atoms with Crippen LogP contribution in [0, 0.1) is 11.3 Å². The Morgan fingerprint density at radius 3 is 2.39 bits per heavy atom. The number of para-hydroxylation sites is 1. The van der Waals surface area contributed by atoms with Crippen LogP contribution >= 0.6 is 15.9 Å². The van der Waals surface area contributed by atoms with E-state index in [1.165, 1.54) is 16.4 Å². The second-order valence-electron chi connectivity index (χ2n) is 6.11. The zero-order valence-corrected chi connectivity index (χ0v) is 17.3. The Hall–Kier alpha value is -2.41. The monoisotopic (exact) mass is 463 g/mol. The van der Waals surface area contributed by atoms with Crippen LogP contribution in [-0.4, -0.2) is 56.3 Å². The van der Waals surface area contributed by atoms with Crippen molar-refractivity contribution in [1.29, 1.82) is 5.26 Å². The van der Waals surface area contributed by atoms with Crippen molar-refractivity contribution in [3.05, 3.63) is 58.6 Å². The van der Waals surface area contributed by atoms with E-state index in [0.29, 0.717) is 5.75 Å². The van der Waals surface area contributed by atoms with Gasteiger partial charge in [-0.05, 0) is 40.2 Å². The SMILES string of the molecule is N#Cc1ccccc1S(=O)(=O)N1CCN(C(=O)COc2ccccc2Br)CC1. The van der Waals surface area contributed by atoms with Crippen molar-refractivity contribution >= 4 is 31.9 Å². The molecule has 3 rings (SSSR count). The minimum atomic E-state index is -3.78. The van der Waals surface area contributed by atoms with Gasteiger partial charge in [0.2, 0.25) is 10.0 Å². The highest BCUT2D eigenvalue weighted by molar-refractivity contribution is 9.10. The fraction of sp³-hybridized carbons (Fsp3) is 0.263. The predicted octanol–water partition coefficient (Wildman–Crippen LogP) is 2.23. The lowest BCUT2D eigenvalue weighted by Gasteiger charge is -2.34. The zero-order chi connectivity index (χ0) is 20.1. The summed E-state index contributed by atoms with van der Waals surface area (Å²) in [6, 6.07) is 15.3. The molecule has 0 bridgehead atoms. The van der Waals surface area contributed by atoms with Gasteiger partial charge >= 0.3 is 0 Å². The van der Waals surface area contributed by atoms with Crippen molar-refractivity contribution in [2.75, 3.05) is 32.8 Å². The fourth-order valence-electron chi connectivity index (χ4n) is 2.89. The third-order valence-corrected chi connectivity index (χ3v) is 7.02. The molecule has 1 amide bonds. The standard InChI is InChI=1S/C19H18BrN3O4S/c20-16-6-2-3-7-17(16)27-14-19(24)22-9-11-23(12-10-22)28(25,26)18-8-4-1-5-15(18)13-21/h1-8H,9-12,14H2. The number of benzene rings is 2. The van der Waals surface area contributed by atoms with E-state index in [9.17, 15) is 13.2 Å². The Morgan fingerprint density at radius 2 is 1.71 bits per heavy atom. The van der Waals surface area contributed by atoms with Crippen LogP contribution in [0.4, 0.5) is 0 Å². The minimum Gasteiger partial charge on any atom is -0.483 e. The quantitative estimate of drug-likeness (QED) is 0.677. The van der Waals surface area contributed by atoms with Gasteiger partial charge in [-0.25, -0.2) is 8.42 Å². The number of hydrogen-bond donors (Lipinski definition) is 0. The van der Waals surface area contributed by atoms with Gasteiger partial charge in [0, 0.05) is 26.2 Å². The summed E-state index contributed by atoms with van der Waals surface area (Å²) in [5.74, 6) is 0.371. The van der Waals surface area contributed by atoms with Gasteiger partial charge in [-0.2, -0.15) is 9.57 Å². The van der Waals surface area contributed by atoms with E-state index in [-0.39, 0.29) is 49.2 Å². The second-order valence-corrected chi connectivity index (χ2v) is 8.87. The van der Waals surface area contributed by atoms with E-state index in [2.05, 4.69) is 15.9 Å². The summed E-state index contributed by atoms with van der Waals surface area (Å²) in [4.78, 5) is 14.0. The van der Waals surface area contributed by atoms with Gasteiger partial charge in [0.1, 0.15) is 11.8 Å². The number of carbonyl (C=O) groups is 1. The van der Waals surface area contributed by atoms with Gasteiger partial charge in [0.15, 0.2) is 6.61 Å². The highest BCUT2D eigenvalue weighted by Crippen LogP contribution is 2.24. The Labute approximate surface area is 172 Å². The van der Waals surface area contributed by atoms with Gasteiger partial charge in [-0.15, -0.1) is 0 Å². The van der Waals surface area contributed by atoms with Crippen molar-refractivity contribution in [1.82, 2.24) is 9.21 Å². The number of rotatable bonds is 5. The smallest absolute Gasteiger partial charge is 0.260 e. The molecular weight excluding hydrogens is 446 g/mol. The van der Waals surface area contributed by atoms with Crippen molar-refractivity contribution < 1.29 is 17.9 Å². The average Bonchev–Trinajstić information content (AvgIpc) is 2.73. The van der Waals surface area contributed by atoms with E-state index in [1.807, 2.05) is 24.3 Å². The molecule has 0 unspecified atom stereocenters. The first-order valence-corrected chi connectivity index (χ1v) is 10.8. The summed E-state index contributed by atoms with van der Waals surface area (Å²) in [7, 11) is -3.78. The molecule has 1 heterocycles. The maximum Gasteiger partial charge on any atom is 0.260 e. The van der Waals surface area contributed by atoms with Crippen molar-refractivity contribution in [3.63, 3.8) is 0 Å². The number of piperazine rings is 1. The third kappa shape index (κ3) is 4.35. The summed E-state index contributed by atoms with van der Waals surface area (Å²) in [6.07, 6.45) is 0. The molecule has 1 aliphatic heterocycles. The zero-order valence-electron chi connectivity index (χ0n) is 14.9. The Bertz CT molecular complexity index is 1010. The van der Waals surface area contributed by atoms with Crippen LogP contribution in [-0.2, 0) is 14.8 Å². The summed E-state index contributed by atoms with van der Waals surface area (Å²) >= 11 is 3.36. The summed E-state index contributed by atoms with van der Waals surface area (Å²) in [5, 5.41) is 9.16. The Kier molecular flexibility index (Phi) is 6.34. The van der Waals surface area contributed by atoms with Crippen LogP contribution in [0.1, 0.15) is 5.56 Å². The first-order chi connectivity index (χ1) is 13.4. The van der Waals surface area contributed by atoms with Crippen LogP contribution in [0.3, 0.4) is 0 Å². The van der Waals surface area contributed by atoms with Gasteiger partial charge < -0.3 is 9.64 Å². The summed E-state index contributed by atoms with van der Waals surface area (Å²) < 4.78 is 33.3. The van der Waals surface area contributed by atoms with E-state index >= 15 is 0 Å². The molecule has 146 valence electrons. The Balaban J connectivity index is 1.60. The highest BCUT2D eigenvalue weighted by atomic mass is 79.9. The molecule has 2 aromatic carbocycles. The van der Waals surface area contributed by atoms with Crippen molar-refractivity contribution in [2.45, 2.75) is 4.90 Å². The number of carbonyl (C=O) groups excluding carboxylic acids is 1. The highest BCUT2D eigenvalue weighted by Gasteiger charge is 2.31. The number of halogens is 1. The minimum absolute atomic E-state index is 0.00506. The first kappa shape index (κ1) is 20.3. The number of hydrogen-bond acceptors (Lipinski definition) is 5. The van der Waals surface area contributed by atoms with E-state index in [1.54, 1.807) is 23.1 Å². The molecule has 0 N–H and O–H groups in total. The molecule has 7 nitrogen and oxygen atoms in total. The van der Waals surface area contributed by atoms with E-state index < -0.39 is 10.0 Å². The number of sulfonamides is 1. The maximum atomic E-state index is 12.8. The molecule has 0 radical (unpaired) electrons. The average molecular weight is 464 g/mol. The van der Waals surface area contributed by atoms with Crippen LogP contribution in [0.2, 0.25) is 0 Å². The van der Waals surface area contributed by atoms with E-state index in [4.69, 9.17) is 10.00 Å². The third-order valence-electron chi connectivity index (χ3n) is 4.40. The Morgan fingerprint density at radius 1 is 1.07 bits per heavy atom. The first-order valence-electron chi connectivity index (χ1n) is 8.58. The number of amides is 1. The summed E-state index contributed by atoms with van der Waals surface area (Å²) in [6.45, 7) is 0.760. The molecular formula is C19H18BrN3O4S. The number of nitriles is 1. The predicted molar refractivity (Wildman–Crippen MR) is 106 cm³/mol. The normalized spacial score (nSPS) is 15.1. The van der Waals surface area contributed by atoms with Gasteiger partial charge in [0.05, 0.1) is 14.9 Å². The molecule has 0 saturated carbocycles. The van der Waals surface area contributed by atoms with Crippen LogP contribution in [0.15, 0.2) is 57.9 Å². The lowest BCUT2D eigenvalue weighted by molar-refractivity contribution is -0.134. The van der Waals surface area contributed by atoms with Gasteiger partial charge in [-0.3, -0.25) is 4.79 Å². The molecule has 2 aromatic rings. The molecule has 0 atom stereocenters. The molecule has 0 spiro atoms. The second kappa shape index (κ2) is 8.73. The van der Waals surface area contributed by atoms with Crippen LogP contribution in [0.25, 0.3) is 0 Å². The molecule has 1 aliphatic rings. The number of nitrogens with zero attached hydrogens (tertiary/aromatic N) is 3. The maximum absolute atomic E-state index is 12.8. The molecule has 1 saturated heterocycles. The van der Waals surface area contributed by atoms with Crippen LogP contribution in [0.5, 0.6) is 5.75 Å². The topological polar surface area (TPSA) is 90.7 Å². The molecule has 0 aliphatic carbocycles. The molecule has 28 heavy (non-hydrogen) atoms. The lowest BCUT2D eigenvalue weighted by Crippen LogP contribution is -2.51. The fourth-order valence-corrected chi connectivity index (χ4v) is 4.86. The van der Waals surface area contributed by atoms with Gasteiger partial charge in [-0.1, -0.05) is 24.3 Å². The molecule has 0 aromatic heterocycles.